The van der Waals surface area contributed by atoms with Crippen molar-refractivity contribution in [3.8, 4) is 16.9 Å². The molecule has 1 amide bonds. The summed E-state index contributed by atoms with van der Waals surface area (Å²) in [7, 11) is 1.25. The first-order chi connectivity index (χ1) is 15.1. The predicted octanol–water partition coefficient (Wildman–Crippen LogP) is 4.02. The third-order valence-corrected chi connectivity index (χ3v) is 5.54. The molecule has 3 aromatic rings. The molecule has 31 heavy (non-hydrogen) atoms. The van der Waals surface area contributed by atoms with Crippen LogP contribution in [0.1, 0.15) is 22.6 Å². The maximum atomic E-state index is 12.5. The molecule has 1 aliphatic carbocycles. The van der Waals surface area contributed by atoms with Crippen LogP contribution in [0.15, 0.2) is 72.8 Å². The Hall–Kier alpha value is -3.80. The van der Waals surface area contributed by atoms with Crippen LogP contribution in [0.5, 0.6) is 5.75 Å². The van der Waals surface area contributed by atoms with Crippen molar-refractivity contribution in [3.05, 3.63) is 89.5 Å². The van der Waals surface area contributed by atoms with Gasteiger partial charge >= 0.3 is 12.1 Å². The van der Waals surface area contributed by atoms with Gasteiger partial charge in [-0.25, -0.2) is 9.59 Å². The lowest BCUT2D eigenvalue weighted by atomic mass is 9.98. The summed E-state index contributed by atoms with van der Waals surface area (Å²) < 4.78 is 10.3. The monoisotopic (exact) mass is 417 g/mol. The number of nitrogens with one attached hydrogen (secondary N) is 1. The molecule has 0 fully saturated rings. The van der Waals surface area contributed by atoms with E-state index in [0.29, 0.717) is 5.56 Å². The summed E-state index contributed by atoms with van der Waals surface area (Å²) in [6.07, 6.45) is -0.628. The third-order valence-electron chi connectivity index (χ3n) is 5.54. The van der Waals surface area contributed by atoms with Gasteiger partial charge in [0, 0.05) is 12.3 Å². The molecule has 1 unspecified atom stereocenters. The van der Waals surface area contributed by atoms with E-state index in [4.69, 9.17) is 9.47 Å². The molecule has 0 spiro atoms. The van der Waals surface area contributed by atoms with E-state index in [0.717, 1.165) is 22.3 Å². The Bertz CT molecular complexity index is 1060. The first-order valence-electron chi connectivity index (χ1n) is 10.0. The SMILES string of the molecule is COC(=O)C(Cc1ccccc1O)NC(=O)OCC1c2ccccc2-c2ccccc21. The number of fused-ring (bicyclic) bond motifs is 3. The minimum Gasteiger partial charge on any atom is -0.508 e. The number of benzene rings is 3. The van der Waals surface area contributed by atoms with Gasteiger partial charge in [-0.15, -0.1) is 0 Å². The third kappa shape index (κ3) is 4.23. The van der Waals surface area contributed by atoms with Crippen LogP contribution in [0.25, 0.3) is 11.1 Å². The molecule has 0 bridgehead atoms. The van der Waals surface area contributed by atoms with E-state index < -0.39 is 18.1 Å². The number of aromatic hydroxyl groups is 1. The van der Waals surface area contributed by atoms with Crippen LogP contribution in [0, 0.1) is 0 Å². The van der Waals surface area contributed by atoms with Crippen molar-refractivity contribution in [2.45, 2.75) is 18.4 Å². The molecule has 0 saturated heterocycles. The van der Waals surface area contributed by atoms with Crippen molar-refractivity contribution in [1.29, 1.82) is 0 Å². The molecule has 0 aliphatic heterocycles. The number of amides is 1. The first kappa shape index (κ1) is 20.5. The molecule has 1 atom stereocenters. The lowest BCUT2D eigenvalue weighted by Crippen LogP contribution is -2.43. The van der Waals surface area contributed by atoms with Crippen LogP contribution in [0.2, 0.25) is 0 Å². The van der Waals surface area contributed by atoms with E-state index in [9.17, 15) is 14.7 Å². The Morgan fingerprint density at radius 3 is 2.13 bits per heavy atom. The fourth-order valence-corrected chi connectivity index (χ4v) is 4.02. The Kier molecular flexibility index (Phi) is 5.89. The Morgan fingerprint density at radius 2 is 1.52 bits per heavy atom. The average Bonchev–Trinajstić information content (AvgIpc) is 3.12. The van der Waals surface area contributed by atoms with Crippen molar-refractivity contribution >= 4 is 12.1 Å². The Labute approximate surface area is 180 Å². The fraction of sp³-hybridized carbons (Fsp3) is 0.200. The molecule has 3 aromatic carbocycles. The van der Waals surface area contributed by atoms with Crippen molar-refractivity contribution in [2.24, 2.45) is 0 Å². The van der Waals surface area contributed by atoms with Gasteiger partial charge in [-0.2, -0.15) is 0 Å². The van der Waals surface area contributed by atoms with Gasteiger partial charge < -0.3 is 19.9 Å². The molecule has 0 radical (unpaired) electrons. The summed E-state index contributed by atoms with van der Waals surface area (Å²) in [5.41, 5.74) is 5.01. The Morgan fingerprint density at radius 1 is 0.935 bits per heavy atom. The summed E-state index contributed by atoms with van der Waals surface area (Å²) in [5, 5.41) is 12.6. The van der Waals surface area contributed by atoms with Gasteiger partial charge in [-0.1, -0.05) is 66.7 Å². The highest BCUT2D eigenvalue weighted by Crippen LogP contribution is 2.44. The maximum absolute atomic E-state index is 12.5. The van der Waals surface area contributed by atoms with Crippen LogP contribution in [-0.2, 0) is 20.7 Å². The molecule has 158 valence electrons. The molecular weight excluding hydrogens is 394 g/mol. The van der Waals surface area contributed by atoms with E-state index >= 15 is 0 Å². The lowest BCUT2D eigenvalue weighted by Gasteiger charge is -2.19. The van der Waals surface area contributed by atoms with Crippen molar-refractivity contribution in [2.75, 3.05) is 13.7 Å². The van der Waals surface area contributed by atoms with Crippen LogP contribution in [0.3, 0.4) is 0 Å². The summed E-state index contributed by atoms with van der Waals surface area (Å²) in [6, 6.07) is 21.8. The van der Waals surface area contributed by atoms with Gasteiger partial charge in [-0.05, 0) is 33.9 Å². The van der Waals surface area contributed by atoms with Gasteiger partial charge in [0.15, 0.2) is 0 Å². The normalized spacial score (nSPS) is 13.1. The largest absolute Gasteiger partial charge is 0.508 e. The topological polar surface area (TPSA) is 84.9 Å². The number of hydrogen-bond donors (Lipinski definition) is 2. The summed E-state index contributed by atoms with van der Waals surface area (Å²) in [4.78, 5) is 24.7. The van der Waals surface area contributed by atoms with Crippen LogP contribution < -0.4 is 5.32 Å². The molecule has 0 aromatic heterocycles. The van der Waals surface area contributed by atoms with E-state index in [-0.39, 0.29) is 24.7 Å². The molecule has 1 aliphatic rings. The number of alkyl carbamates (subject to hydrolysis) is 1. The smallest absolute Gasteiger partial charge is 0.407 e. The fourth-order valence-electron chi connectivity index (χ4n) is 4.02. The number of esters is 1. The maximum Gasteiger partial charge on any atom is 0.407 e. The number of phenols is 1. The zero-order chi connectivity index (χ0) is 21.8. The zero-order valence-corrected chi connectivity index (χ0v) is 17.1. The number of carbonyl (C=O) groups is 2. The van der Waals surface area contributed by atoms with E-state index in [2.05, 4.69) is 17.4 Å². The summed E-state index contributed by atoms with van der Waals surface area (Å²) in [6.45, 7) is 0.143. The Balaban J connectivity index is 1.45. The van der Waals surface area contributed by atoms with E-state index in [1.165, 1.54) is 13.2 Å². The summed E-state index contributed by atoms with van der Waals surface area (Å²) >= 11 is 0. The molecule has 0 heterocycles. The second kappa shape index (κ2) is 8.92. The number of carbonyl (C=O) groups excluding carboxylic acids is 2. The van der Waals surface area contributed by atoms with Gasteiger partial charge in [-0.3, -0.25) is 0 Å². The number of rotatable bonds is 6. The quantitative estimate of drug-likeness (QED) is 0.592. The minimum atomic E-state index is -0.978. The minimum absolute atomic E-state index is 0.0470. The highest BCUT2D eigenvalue weighted by Gasteiger charge is 2.30. The lowest BCUT2D eigenvalue weighted by molar-refractivity contribution is -0.143. The van der Waals surface area contributed by atoms with Crippen LogP contribution in [0.4, 0.5) is 4.79 Å². The average molecular weight is 417 g/mol. The predicted molar refractivity (Wildman–Crippen MR) is 116 cm³/mol. The highest BCUT2D eigenvalue weighted by atomic mass is 16.6. The zero-order valence-electron chi connectivity index (χ0n) is 17.1. The van der Waals surface area contributed by atoms with E-state index in [1.54, 1.807) is 18.2 Å². The van der Waals surface area contributed by atoms with Gasteiger partial charge in [0.25, 0.3) is 0 Å². The number of phenolic OH excluding ortho intramolecular Hbond substituents is 1. The molecule has 4 rings (SSSR count). The van der Waals surface area contributed by atoms with Crippen molar-refractivity contribution in [3.63, 3.8) is 0 Å². The second-order valence-corrected chi connectivity index (χ2v) is 7.38. The highest BCUT2D eigenvalue weighted by molar-refractivity contribution is 5.82. The molecule has 2 N–H and O–H groups in total. The molecule has 0 saturated carbocycles. The van der Waals surface area contributed by atoms with Gasteiger partial charge in [0.2, 0.25) is 0 Å². The summed E-state index contributed by atoms with van der Waals surface area (Å²) in [5.74, 6) is -0.643. The van der Waals surface area contributed by atoms with Crippen LogP contribution >= 0.6 is 0 Å². The van der Waals surface area contributed by atoms with Crippen molar-refractivity contribution < 1.29 is 24.2 Å². The van der Waals surface area contributed by atoms with Gasteiger partial charge in [0.1, 0.15) is 18.4 Å². The number of ether oxygens (including phenoxy) is 2. The van der Waals surface area contributed by atoms with Crippen LogP contribution in [-0.4, -0.2) is 36.9 Å². The molecule has 6 heteroatoms. The molecular formula is C25H23NO5. The first-order valence-corrected chi connectivity index (χ1v) is 10.0. The number of para-hydroxylation sites is 1. The number of hydrogen-bond acceptors (Lipinski definition) is 5. The van der Waals surface area contributed by atoms with Crippen molar-refractivity contribution in [1.82, 2.24) is 5.32 Å². The molecule has 6 nitrogen and oxygen atoms in total. The number of methoxy groups -OCH3 is 1. The second-order valence-electron chi connectivity index (χ2n) is 7.38. The standard InChI is InChI=1S/C25H23NO5/c1-30-24(28)22(14-16-8-2-7-13-23(16)27)26-25(29)31-15-21-19-11-5-3-9-17(19)18-10-4-6-12-20(18)21/h2-13,21-22,27H,14-15H2,1H3,(H,26,29). The van der Waals surface area contributed by atoms with E-state index in [1.807, 2.05) is 36.4 Å². The van der Waals surface area contributed by atoms with Gasteiger partial charge in [0.05, 0.1) is 7.11 Å².